The third-order valence-electron chi connectivity index (χ3n) is 3.10. The van der Waals surface area contributed by atoms with Crippen LogP contribution >= 0.6 is 0 Å². The third-order valence-corrected chi connectivity index (χ3v) is 3.10. The van der Waals surface area contributed by atoms with E-state index in [0.29, 0.717) is 0 Å². The summed E-state index contributed by atoms with van der Waals surface area (Å²) >= 11 is 0. The van der Waals surface area contributed by atoms with Gasteiger partial charge in [-0.2, -0.15) is 0 Å². The minimum atomic E-state index is -0.0195. The van der Waals surface area contributed by atoms with Crippen LogP contribution in [0.4, 0.5) is 0 Å². The van der Waals surface area contributed by atoms with Gasteiger partial charge in [0.15, 0.2) is 0 Å². The number of aliphatic hydroxyl groups is 1. The Morgan fingerprint density at radius 2 is 1.75 bits per heavy atom. The SMILES string of the molecule is CC.Cc1ccc(-c2nc3ccccn3c2CO)cc1. The largest absolute Gasteiger partial charge is 0.390 e. The van der Waals surface area contributed by atoms with Gasteiger partial charge in [0, 0.05) is 11.8 Å². The van der Waals surface area contributed by atoms with Crippen molar-refractivity contribution in [2.24, 2.45) is 0 Å². The van der Waals surface area contributed by atoms with E-state index < -0.39 is 0 Å². The van der Waals surface area contributed by atoms with Crippen molar-refractivity contribution in [2.45, 2.75) is 27.4 Å². The van der Waals surface area contributed by atoms with Crippen LogP contribution in [0.15, 0.2) is 48.7 Å². The summed E-state index contributed by atoms with van der Waals surface area (Å²) in [7, 11) is 0. The Hall–Kier alpha value is -2.13. The van der Waals surface area contributed by atoms with Gasteiger partial charge in [-0.1, -0.05) is 49.7 Å². The Morgan fingerprint density at radius 3 is 2.40 bits per heavy atom. The van der Waals surface area contributed by atoms with E-state index in [4.69, 9.17) is 0 Å². The Bertz CT molecular complexity index is 684. The minimum absolute atomic E-state index is 0.0195. The summed E-state index contributed by atoms with van der Waals surface area (Å²) in [5.41, 5.74) is 4.79. The maximum absolute atomic E-state index is 9.56. The van der Waals surface area contributed by atoms with Crippen molar-refractivity contribution in [3.05, 3.63) is 59.9 Å². The van der Waals surface area contributed by atoms with Crippen LogP contribution in [-0.2, 0) is 6.61 Å². The standard InChI is InChI=1S/C15H14N2O.C2H6/c1-11-5-7-12(8-6-11)15-13(10-18)17-9-3-2-4-14(17)16-15;1-2/h2-9,18H,10H2,1H3;1-2H3. The molecule has 2 heterocycles. The lowest BCUT2D eigenvalue weighted by molar-refractivity contribution is 0.276. The summed E-state index contributed by atoms with van der Waals surface area (Å²) in [6.07, 6.45) is 1.92. The lowest BCUT2D eigenvalue weighted by Crippen LogP contribution is -1.93. The number of imidazole rings is 1. The number of aryl methyl sites for hydroxylation is 1. The Balaban J connectivity index is 0.000000704. The highest BCUT2D eigenvalue weighted by molar-refractivity contribution is 5.66. The molecule has 0 saturated heterocycles. The zero-order valence-corrected chi connectivity index (χ0v) is 12.2. The molecule has 0 unspecified atom stereocenters. The van der Waals surface area contributed by atoms with E-state index in [2.05, 4.69) is 24.0 Å². The first-order chi connectivity index (χ1) is 9.79. The van der Waals surface area contributed by atoms with E-state index in [0.717, 1.165) is 22.6 Å². The normalized spacial score (nSPS) is 10.2. The molecule has 2 aromatic heterocycles. The van der Waals surface area contributed by atoms with Gasteiger partial charge in [-0.05, 0) is 19.1 Å². The number of aliphatic hydroxyl groups excluding tert-OH is 1. The summed E-state index contributed by atoms with van der Waals surface area (Å²) in [4.78, 5) is 4.59. The van der Waals surface area contributed by atoms with E-state index in [1.807, 2.05) is 54.8 Å². The quantitative estimate of drug-likeness (QED) is 0.767. The molecule has 0 atom stereocenters. The Morgan fingerprint density at radius 1 is 1.05 bits per heavy atom. The van der Waals surface area contributed by atoms with Crippen LogP contribution in [0.1, 0.15) is 25.1 Å². The molecule has 0 radical (unpaired) electrons. The molecular formula is C17H20N2O. The van der Waals surface area contributed by atoms with Crippen LogP contribution in [0.5, 0.6) is 0 Å². The second-order valence-corrected chi connectivity index (χ2v) is 4.36. The number of fused-ring (bicyclic) bond motifs is 1. The molecule has 1 aromatic carbocycles. The second kappa shape index (κ2) is 6.35. The van der Waals surface area contributed by atoms with E-state index in [9.17, 15) is 5.11 Å². The van der Waals surface area contributed by atoms with Crippen molar-refractivity contribution in [3.8, 4) is 11.3 Å². The fourth-order valence-electron chi connectivity index (χ4n) is 2.14. The molecule has 20 heavy (non-hydrogen) atoms. The van der Waals surface area contributed by atoms with Crippen molar-refractivity contribution in [2.75, 3.05) is 0 Å². The molecule has 0 aliphatic rings. The number of pyridine rings is 1. The lowest BCUT2D eigenvalue weighted by atomic mass is 10.1. The molecule has 0 aliphatic heterocycles. The van der Waals surface area contributed by atoms with Crippen molar-refractivity contribution in [1.82, 2.24) is 9.38 Å². The van der Waals surface area contributed by atoms with E-state index in [1.54, 1.807) is 0 Å². The Labute approximate surface area is 119 Å². The molecule has 3 heteroatoms. The summed E-state index contributed by atoms with van der Waals surface area (Å²) in [5.74, 6) is 0. The average Bonchev–Trinajstić information content (AvgIpc) is 2.88. The first-order valence-electron chi connectivity index (χ1n) is 6.93. The van der Waals surface area contributed by atoms with E-state index in [-0.39, 0.29) is 6.61 Å². The monoisotopic (exact) mass is 268 g/mol. The van der Waals surface area contributed by atoms with Gasteiger partial charge in [-0.25, -0.2) is 4.98 Å². The first-order valence-corrected chi connectivity index (χ1v) is 6.93. The summed E-state index contributed by atoms with van der Waals surface area (Å²) < 4.78 is 1.93. The molecule has 0 aliphatic carbocycles. The number of hydrogen-bond donors (Lipinski definition) is 1. The van der Waals surface area contributed by atoms with Crippen LogP contribution < -0.4 is 0 Å². The van der Waals surface area contributed by atoms with Gasteiger partial charge in [-0.15, -0.1) is 0 Å². The number of rotatable bonds is 2. The van der Waals surface area contributed by atoms with Crippen LogP contribution in [0, 0.1) is 6.92 Å². The summed E-state index contributed by atoms with van der Waals surface area (Å²) in [5, 5.41) is 9.56. The van der Waals surface area contributed by atoms with Crippen LogP contribution in [0.2, 0.25) is 0 Å². The molecule has 3 aromatic rings. The molecule has 0 amide bonds. The van der Waals surface area contributed by atoms with E-state index >= 15 is 0 Å². The molecule has 0 fully saturated rings. The van der Waals surface area contributed by atoms with Crippen LogP contribution in [0.3, 0.4) is 0 Å². The van der Waals surface area contributed by atoms with Gasteiger partial charge < -0.3 is 9.51 Å². The lowest BCUT2D eigenvalue weighted by Gasteiger charge is -2.02. The molecular weight excluding hydrogens is 248 g/mol. The van der Waals surface area contributed by atoms with Gasteiger partial charge in [0.1, 0.15) is 5.65 Å². The molecule has 3 rings (SSSR count). The average molecular weight is 268 g/mol. The molecule has 0 spiro atoms. The number of hydrogen-bond acceptors (Lipinski definition) is 2. The van der Waals surface area contributed by atoms with Crippen molar-refractivity contribution < 1.29 is 5.11 Å². The Kier molecular flexibility index (Phi) is 4.53. The zero-order chi connectivity index (χ0) is 14.5. The predicted molar refractivity (Wildman–Crippen MR) is 82.6 cm³/mol. The van der Waals surface area contributed by atoms with Gasteiger partial charge in [0.25, 0.3) is 0 Å². The predicted octanol–water partition coefficient (Wildman–Crippen LogP) is 3.83. The van der Waals surface area contributed by atoms with E-state index in [1.165, 1.54) is 5.56 Å². The summed E-state index contributed by atoms with van der Waals surface area (Å²) in [6.45, 7) is 6.04. The fourth-order valence-corrected chi connectivity index (χ4v) is 2.14. The second-order valence-electron chi connectivity index (χ2n) is 4.36. The number of aromatic nitrogens is 2. The highest BCUT2D eigenvalue weighted by Crippen LogP contribution is 2.24. The molecule has 3 nitrogen and oxygen atoms in total. The molecule has 1 N–H and O–H groups in total. The maximum atomic E-state index is 9.56. The highest BCUT2D eigenvalue weighted by Gasteiger charge is 2.12. The fraction of sp³-hybridized carbons (Fsp3) is 0.235. The topological polar surface area (TPSA) is 37.5 Å². The third kappa shape index (κ3) is 2.58. The highest BCUT2D eigenvalue weighted by atomic mass is 16.3. The maximum Gasteiger partial charge on any atom is 0.137 e. The molecule has 104 valence electrons. The van der Waals surface area contributed by atoms with Gasteiger partial charge in [0.05, 0.1) is 18.0 Å². The van der Waals surface area contributed by atoms with Crippen molar-refractivity contribution >= 4 is 5.65 Å². The smallest absolute Gasteiger partial charge is 0.137 e. The number of nitrogens with zero attached hydrogens (tertiary/aromatic N) is 2. The first kappa shape index (κ1) is 14.3. The molecule has 0 saturated carbocycles. The van der Waals surface area contributed by atoms with Gasteiger partial charge in [-0.3, -0.25) is 0 Å². The van der Waals surface area contributed by atoms with Crippen LogP contribution in [-0.4, -0.2) is 14.5 Å². The van der Waals surface area contributed by atoms with Gasteiger partial charge in [0.2, 0.25) is 0 Å². The zero-order valence-electron chi connectivity index (χ0n) is 12.2. The van der Waals surface area contributed by atoms with Crippen molar-refractivity contribution in [3.63, 3.8) is 0 Å². The molecule has 0 bridgehead atoms. The number of benzene rings is 1. The summed E-state index contributed by atoms with van der Waals surface area (Å²) in [6, 6.07) is 14.0. The van der Waals surface area contributed by atoms with Crippen LogP contribution in [0.25, 0.3) is 16.9 Å². The van der Waals surface area contributed by atoms with Gasteiger partial charge >= 0.3 is 0 Å². The van der Waals surface area contributed by atoms with Crippen molar-refractivity contribution in [1.29, 1.82) is 0 Å². The minimum Gasteiger partial charge on any atom is -0.390 e.